The van der Waals surface area contributed by atoms with Gasteiger partial charge in [0.05, 0.1) is 6.54 Å². The summed E-state index contributed by atoms with van der Waals surface area (Å²) < 4.78 is 5.79. The Labute approximate surface area is 141 Å². The highest BCUT2D eigenvalue weighted by Crippen LogP contribution is 2.28. The maximum atomic E-state index is 6.00. The molecule has 0 fully saturated rings. The molecule has 0 radical (unpaired) electrons. The number of rotatable bonds is 6. The summed E-state index contributed by atoms with van der Waals surface area (Å²) >= 11 is 12.0. The van der Waals surface area contributed by atoms with Crippen LogP contribution in [0.3, 0.4) is 0 Å². The molecule has 0 aliphatic heterocycles. The van der Waals surface area contributed by atoms with E-state index in [4.69, 9.17) is 27.6 Å². The number of nitrogens with zero attached hydrogens (tertiary/aromatic N) is 1. The molecule has 1 aromatic carbocycles. The molecule has 0 bridgehead atoms. The highest BCUT2D eigenvalue weighted by Gasteiger charge is 2.06. The minimum atomic E-state index is 0. The highest BCUT2D eigenvalue weighted by molar-refractivity contribution is 6.35. The topological polar surface area (TPSA) is 28.4 Å². The van der Waals surface area contributed by atoms with Crippen LogP contribution in [0.5, 0.6) is 0 Å². The Morgan fingerprint density at radius 1 is 1.10 bits per heavy atom. The summed E-state index contributed by atoms with van der Waals surface area (Å²) in [5, 5.41) is 4.55. The van der Waals surface area contributed by atoms with Crippen molar-refractivity contribution in [3.05, 3.63) is 46.1 Å². The van der Waals surface area contributed by atoms with Crippen molar-refractivity contribution in [1.29, 1.82) is 0 Å². The molecule has 0 unspecified atom stereocenters. The van der Waals surface area contributed by atoms with Gasteiger partial charge in [-0.3, -0.25) is 0 Å². The van der Waals surface area contributed by atoms with E-state index in [0.29, 0.717) is 16.6 Å². The van der Waals surface area contributed by atoms with Crippen LogP contribution in [0.15, 0.2) is 34.7 Å². The second-order valence-electron chi connectivity index (χ2n) is 4.90. The smallest absolute Gasteiger partial charge is 0.134 e. The molecule has 2 rings (SSSR count). The van der Waals surface area contributed by atoms with Crippen LogP contribution < -0.4 is 5.32 Å². The van der Waals surface area contributed by atoms with E-state index >= 15 is 0 Å². The van der Waals surface area contributed by atoms with E-state index in [-0.39, 0.29) is 12.4 Å². The lowest BCUT2D eigenvalue weighted by Gasteiger charge is -2.09. The van der Waals surface area contributed by atoms with Crippen molar-refractivity contribution in [2.45, 2.75) is 6.54 Å². The minimum Gasteiger partial charge on any atom is -0.460 e. The molecular formula is C15H19Cl3N2O. The second-order valence-corrected chi connectivity index (χ2v) is 5.78. The summed E-state index contributed by atoms with van der Waals surface area (Å²) in [6.07, 6.45) is 0. The zero-order valence-electron chi connectivity index (χ0n) is 12.0. The molecule has 0 saturated heterocycles. The van der Waals surface area contributed by atoms with Crippen LogP contribution in [0.4, 0.5) is 0 Å². The van der Waals surface area contributed by atoms with Gasteiger partial charge in [0.25, 0.3) is 0 Å². The molecule has 116 valence electrons. The minimum absolute atomic E-state index is 0. The summed E-state index contributed by atoms with van der Waals surface area (Å²) in [5.74, 6) is 1.67. The van der Waals surface area contributed by atoms with Crippen molar-refractivity contribution < 1.29 is 4.42 Å². The number of furan rings is 1. The average molecular weight is 350 g/mol. The van der Waals surface area contributed by atoms with E-state index in [1.54, 1.807) is 6.07 Å². The van der Waals surface area contributed by atoms with Crippen LogP contribution in [-0.2, 0) is 6.54 Å². The Morgan fingerprint density at radius 3 is 2.38 bits per heavy atom. The van der Waals surface area contributed by atoms with Gasteiger partial charge in [-0.15, -0.1) is 12.4 Å². The summed E-state index contributed by atoms with van der Waals surface area (Å²) in [6.45, 7) is 2.63. The Morgan fingerprint density at radius 2 is 1.76 bits per heavy atom. The van der Waals surface area contributed by atoms with Crippen molar-refractivity contribution in [3.8, 4) is 11.3 Å². The predicted molar refractivity (Wildman–Crippen MR) is 91.7 cm³/mol. The third kappa shape index (κ3) is 5.89. The van der Waals surface area contributed by atoms with Crippen LogP contribution >= 0.6 is 35.6 Å². The zero-order chi connectivity index (χ0) is 14.5. The van der Waals surface area contributed by atoms with E-state index in [1.165, 1.54) is 0 Å². The van der Waals surface area contributed by atoms with Crippen molar-refractivity contribution in [1.82, 2.24) is 10.2 Å². The number of halogens is 3. The number of nitrogens with one attached hydrogen (secondary N) is 1. The average Bonchev–Trinajstić information content (AvgIpc) is 2.82. The van der Waals surface area contributed by atoms with Crippen molar-refractivity contribution in [3.63, 3.8) is 0 Å². The van der Waals surface area contributed by atoms with Gasteiger partial charge in [0, 0.05) is 28.7 Å². The van der Waals surface area contributed by atoms with Gasteiger partial charge in [-0.05, 0) is 44.4 Å². The summed E-state index contributed by atoms with van der Waals surface area (Å²) in [6, 6.07) is 9.29. The van der Waals surface area contributed by atoms with E-state index in [9.17, 15) is 0 Å². The largest absolute Gasteiger partial charge is 0.460 e. The molecule has 0 aliphatic carbocycles. The molecule has 0 saturated carbocycles. The maximum absolute atomic E-state index is 6.00. The van der Waals surface area contributed by atoms with Crippen LogP contribution in [0, 0.1) is 0 Å². The molecule has 0 amide bonds. The van der Waals surface area contributed by atoms with Gasteiger partial charge in [0.2, 0.25) is 0 Å². The first-order valence-electron chi connectivity index (χ1n) is 6.45. The summed E-state index contributed by atoms with van der Waals surface area (Å²) in [4.78, 5) is 2.13. The normalized spacial score (nSPS) is 10.7. The quantitative estimate of drug-likeness (QED) is 0.787. The first-order chi connectivity index (χ1) is 9.54. The van der Waals surface area contributed by atoms with Gasteiger partial charge in [0.15, 0.2) is 0 Å². The monoisotopic (exact) mass is 348 g/mol. The van der Waals surface area contributed by atoms with Gasteiger partial charge >= 0.3 is 0 Å². The SMILES string of the molecule is CN(C)CCNCc1ccc(-c2cc(Cl)cc(Cl)c2)o1.Cl. The predicted octanol–water partition coefficient (Wildman–Crippen LogP) is 4.33. The molecule has 1 aromatic heterocycles. The van der Waals surface area contributed by atoms with E-state index in [0.717, 1.165) is 30.2 Å². The molecule has 2 aromatic rings. The van der Waals surface area contributed by atoms with Crippen molar-refractivity contribution >= 4 is 35.6 Å². The fourth-order valence-electron chi connectivity index (χ4n) is 1.84. The zero-order valence-corrected chi connectivity index (χ0v) is 14.4. The molecule has 3 nitrogen and oxygen atoms in total. The van der Waals surface area contributed by atoms with Crippen LogP contribution in [0.2, 0.25) is 10.0 Å². The first kappa shape index (κ1) is 18.3. The van der Waals surface area contributed by atoms with Crippen molar-refractivity contribution in [2.24, 2.45) is 0 Å². The molecular weight excluding hydrogens is 331 g/mol. The van der Waals surface area contributed by atoms with Crippen LogP contribution in [0.1, 0.15) is 5.76 Å². The van der Waals surface area contributed by atoms with E-state index in [2.05, 4.69) is 24.3 Å². The second kappa shape index (κ2) is 8.66. The van der Waals surface area contributed by atoms with Crippen LogP contribution in [0.25, 0.3) is 11.3 Å². The number of hydrogen-bond acceptors (Lipinski definition) is 3. The molecule has 6 heteroatoms. The van der Waals surface area contributed by atoms with Gasteiger partial charge in [-0.1, -0.05) is 23.2 Å². The lowest BCUT2D eigenvalue weighted by atomic mass is 10.2. The van der Waals surface area contributed by atoms with E-state index in [1.807, 2.05) is 24.3 Å². The van der Waals surface area contributed by atoms with Gasteiger partial charge in [0.1, 0.15) is 11.5 Å². The summed E-state index contributed by atoms with van der Waals surface area (Å²) in [5.41, 5.74) is 0.891. The molecule has 1 heterocycles. The molecule has 0 spiro atoms. The lowest BCUT2D eigenvalue weighted by molar-refractivity contribution is 0.392. The first-order valence-corrected chi connectivity index (χ1v) is 7.21. The van der Waals surface area contributed by atoms with Gasteiger partial charge in [-0.25, -0.2) is 0 Å². The number of likely N-dealkylation sites (N-methyl/N-ethyl adjacent to an activating group) is 1. The Kier molecular flexibility index (Phi) is 7.57. The molecule has 21 heavy (non-hydrogen) atoms. The molecule has 0 aliphatic rings. The third-order valence-corrected chi connectivity index (χ3v) is 3.28. The van der Waals surface area contributed by atoms with Crippen LogP contribution in [-0.4, -0.2) is 32.1 Å². The number of hydrogen-bond donors (Lipinski definition) is 1. The van der Waals surface area contributed by atoms with Gasteiger partial charge < -0.3 is 14.6 Å². The fourth-order valence-corrected chi connectivity index (χ4v) is 2.36. The van der Waals surface area contributed by atoms with E-state index < -0.39 is 0 Å². The lowest BCUT2D eigenvalue weighted by Crippen LogP contribution is -2.25. The molecule has 1 N–H and O–H groups in total. The van der Waals surface area contributed by atoms with Crippen molar-refractivity contribution in [2.75, 3.05) is 27.2 Å². The Hall–Kier alpha value is -0.710. The highest BCUT2D eigenvalue weighted by atomic mass is 35.5. The Bertz CT molecular complexity index is 550. The Balaban J connectivity index is 0.00000220. The standard InChI is InChI=1S/C15H18Cl2N2O.ClH/c1-19(2)6-5-18-10-14-3-4-15(20-14)11-7-12(16)9-13(17)8-11;/h3-4,7-9,18H,5-6,10H2,1-2H3;1H. The number of benzene rings is 1. The third-order valence-electron chi connectivity index (χ3n) is 2.84. The fraction of sp³-hybridized carbons (Fsp3) is 0.333. The summed E-state index contributed by atoms with van der Waals surface area (Å²) in [7, 11) is 4.10. The maximum Gasteiger partial charge on any atom is 0.134 e. The molecule has 0 atom stereocenters. The van der Waals surface area contributed by atoms with Gasteiger partial charge in [-0.2, -0.15) is 0 Å².